The third-order valence-corrected chi connectivity index (χ3v) is 4.51. The molecule has 0 heterocycles. The molecule has 0 amide bonds. The standard InChI is InChI=1S/C16H18ClFO3/c17-12-8-11(4-5-13(12)18)14(19)9-16(10-15(20)21)6-2-1-3-7-16/h4-5,8H,1-3,6-7,9-10H2,(H,20,21). The summed E-state index contributed by atoms with van der Waals surface area (Å²) in [5, 5.41) is 9.03. The van der Waals surface area contributed by atoms with Crippen molar-refractivity contribution < 1.29 is 19.1 Å². The fourth-order valence-electron chi connectivity index (χ4n) is 3.15. The topological polar surface area (TPSA) is 54.4 Å². The van der Waals surface area contributed by atoms with E-state index in [2.05, 4.69) is 0 Å². The first-order chi connectivity index (χ1) is 9.92. The minimum Gasteiger partial charge on any atom is -0.481 e. The van der Waals surface area contributed by atoms with E-state index in [1.165, 1.54) is 18.2 Å². The van der Waals surface area contributed by atoms with E-state index >= 15 is 0 Å². The van der Waals surface area contributed by atoms with E-state index in [0.717, 1.165) is 32.1 Å². The molecular weight excluding hydrogens is 295 g/mol. The molecule has 1 aliphatic carbocycles. The average Bonchev–Trinajstić information content (AvgIpc) is 2.41. The Morgan fingerprint density at radius 2 is 1.86 bits per heavy atom. The third kappa shape index (κ3) is 4.03. The van der Waals surface area contributed by atoms with Crippen molar-refractivity contribution in [3.8, 4) is 0 Å². The number of Topliss-reactive ketones (excluding diaryl/α,β-unsaturated/α-hetero) is 1. The number of carbonyl (C=O) groups excluding carboxylic acids is 1. The molecule has 1 N–H and O–H groups in total. The van der Waals surface area contributed by atoms with Gasteiger partial charge in [-0.2, -0.15) is 0 Å². The summed E-state index contributed by atoms with van der Waals surface area (Å²) in [6.45, 7) is 0. The zero-order valence-electron chi connectivity index (χ0n) is 11.7. The van der Waals surface area contributed by atoms with Gasteiger partial charge in [0, 0.05) is 12.0 Å². The number of rotatable bonds is 5. The second kappa shape index (κ2) is 6.56. The number of benzene rings is 1. The molecule has 21 heavy (non-hydrogen) atoms. The molecule has 1 aromatic rings. The van der Waals surface area contributed by atoms with Gasteiger partial charge in [0.1, 0.15) is 5.82 Å². The number of carbonyl (C=O) groups is 2. The Labute approximate surface area is 128 Å². The molecule has 0 aliphatic heterocycles. The molecule has 1 saturated carbocycles. The molecule has 1 aromatic carbocycles. The van der Waals surface area contributed by atoms with Gasteiger partial charge >= 0.3 is 5.97 Å². The fraction of sp³-hybridized carbons (Fsp3) is 0.500. The van der Waals surface area contributed by atoms with Gasteiger partial charge in [0.15, 0.2) is 5.78 Å². The SMILES string of the molecule is O=C(O)CC1(CC(=O)c2ccc(F)c(Cl)c2)CCCCC1. The molecule has 5 heteroatoms. The molecule has 1 aliphatic rings. The zero-order chi connectivity index (χ0) is 15.5. The van der Waals surface area contributed by atoms with Gasteiger partial charge in [-0.15, -0.1) is 0 Å². The largest absolute Gasteiger partial charge is 0.481 e. The lowest BCUT2D eigenvalue weighted by Crippen LogP contribution is -2.30. The summed E-state index contributed by atoms with van der Waals surface area (Å²) in [5.41, 5.74) is -0.126. The van der Waals surface area contributed by atoms with Crippen LogP contribution in [0.2, 0.25) is 5.02 Å². The first-order valence-corrected chi connectivity index (χ1v) is 7.50. The lowest BCUT2D eigenvalue weighted by Gasteiger charge is -2.35. The maximum atomic E-state index is 13.1. The van der Waals surface area contributed by atoms with Gasteiger partial charge in [0.2, 0.25) is 0 Å². The van der Waals surface area contributed by atoms with Crippen molar-refractivity contribution in [1.82, 2.24) is 0 Å². The number of hydrogen-bond acceptors (Lipinski definition) is 2. The number of halogens is 2. The quantitative estimate of drug-likeness (QED) is 0.816. The summed E-state index contributed by atoms with van der Waals surface area (Å²) >= 11 is 5.70. The molecule has 0 atom stereocenters. The molecule has 0 bridgehead atoms. The van der Waals surface area contributed by atoms with E-state index < -0.39 is 17.2 Å². The molecule has 0 radical (unpaired) electrons. The van der Waals surface area contributed by atoms with E-state index in [9.17, 15) is 14.0 Å². The van der Waals surface area contributed by atoms with Gasteiger partial charge in [0.25, 0.3) is 0 Å². The van der Waals surface area contributed by atoms with Crippen LogP contribution in [0.1, 0.15) is 55.3 Å². The van der Waals surface area contributed by atoms with Crippen LogP contribution in [0.15, 0.2) is 18.2 Å². The van der Waals surface area contributed by atoms with Crippen molar-refractivity contribution in [1.29, 1.82) is 0 Å². The average molecular weight is 313 g/mol. The van der Waals surface area contributed by atoms with Crippen molar-refractivity contribution in [3.05, 3.63) is 34.6 Å². The first-order valence-electron chi connectivity index (χ1n) is 7.12. The van der Waals surface area contributed by atoms with Crippen molar-refractivity contribution in [2.24, 2.45) is 5.41 Å². The van der Waals surface area contributed by atoms with Crippen LogP contribution in [0.3, 0.4) is 0 Å². The van der Waals surface area contributed by atoms with Crippen LogP contribution in [0.25, 0.3) is 0 Å². The highest BCUT2D eigenvalue weighted by atomic mass is 35.5. The van der Waals surface area contributed by atoms with E-state index in [4.69, 9.17) is 16.7 Å². The van der Waals surface area contributed by atoms with Crippen LogP contribution in [-0.4, -0.2) is 16.9 Å². The molecule has 3 nitrogen and oxygen atoms in total. The predicted octanol–water partition coefficient (Wildman–Crippen LogP) is 4.48. The highest BCUT2D eigenvalue weighted by Gasteiger charge is 2.36. The highest BCUT2D eigenvalue weighted by Crippen LogP contribution is 2.43. The van der Waals surface area contributed by atoms with Crippen LogP contribution in [-0.2, 0) is 4.79 Å². The number of hydrogen-bond donors (Lipinski definition) is 1. The number of aliphatic carboxylic acids is 1. The van der Waals surface area contributed by atoms with Crippen molar-refractivity contribution in [2.45, 2.75) is 44.9 Å². The Morgan fingerprint density at radius 1 is 1.19 bits per heavy atom. The van der Waals surface area contributed by atoms with Crippen LogP contribution in [0.4, 0.5) is 4.39 Å². The van der Waals surface area contributed by atoms with E-state index in [0.29, 0.717) is 5.56 Å². The Bertz CT molecular complexity index is 550. The maximum absolute atomic E-state index is 13.1. The predicted molar refractivity (Wildman–Crippen MR) is 78.1 cm³/mol. The summed E-state index contributed by atoms with van der Waals surface area (Å²) in [6.07, 6.45) is 4.67. The summed E-state index contributed by atoms with van der Waals surface area (Å²) in [6, 6.07) is 3.89. The van der Waals surface area contributed by atoms with Crippen molar-refractivity contribution >= 4 is 23.4 Å². The van der Waals surface area contributed by atoms with E-state index in [-0.39, 0.29) is 23.6 Å². The number of ketones is 1. The third-order valence-electron chi connectivity index (χ3n) is 4.22. The molecule has 1 fully saturated rings. The summed E-state index contributed by atoms with van der Waals surface area (Å²) in [4.78, 5) is 23.5. The van der Waals surface area contributed by atoms with Gasteiger partial charge in [-0.05, 0) is 36.5 Å². The molecular formula is C16H18ClFO3. The lowest BCUT2D eigenvalue weighted by atomic mass is 9.68. The summed E-state index contributed by atoms with van der Waals surface area (Å²) in [5.74, 6) is -1.60. The summed E-state index contributed by atoms with van der Waals surface area (Å²) in [7, 11) is 0. The van der Waals surface area contributed by atoms with Crippen molar-refractivity contribution in [3.63, 3.8) is 0 Å². The van der Waals surface area contributed by atoms with Crippen LogP contribution >= 0.6 is 11.6 Å². The molecule has 0 aromatic heterocycles. The Balaban J connectivity index is 2.17. The minimum absolute atomic E-state index is 0.00761. The molecule has 114 valence electrons. The van der Waals surface area contributed by atoms with Gasteiger partial charge in [0.05, 0.1) is 11.4 Å². The van der Waals surface area contributed by atoms with E-state index in [1.807, 2.05) is 0 Å². The van der Waals surface area contributed by atoms with Crippen LogP contribution in [0, 0.1) is 11.2 Å². The Hall–Kier alpha value is -1.42. The van der Waals surface area contributed by atoms with Crippen LogP contribution < -0.4 is 0 Å². The second-order valence-electron chi connectivity index (χ2n) is 5.86. The number of carboxylic acids is 1. The zero-order valence-corrected chi connectivity index (χ0v) is 12.5. The molecule has 2 rings (SSSR count). The maximum Gasteiger partial charge on any atom is 0.303 e. The summed E-state index contributed by atoms with van der Waals surface area (Å²) < 4.78 is 13.1. The monoisotopic (exact) mass is 312 g/mol. The molecule has 0 saturated heterocycles. The fourth-order valence-corrected chi connectivity index (χ4v) is 3.33. The Morgan fingerprint density at radius 3 is 2.43 bits per heavy atom. The second-order valence-corrected chi connectivity index (χ2v) is 6.27. The smallest absolute Gasteiger partial charge is 0.303 e. The highest BCUT2D eigenvalue weighted by molar-refractivity contribution is 6.31. The first kappa shape index (κ1) is 16.0. The number of carboxylic acid groups (broad SMARTS) is 1. The van der Waals surface area contributed by atoms with Gasteiger partial charge in [-0.1, -0.05) is 30.9 Å². The Kier molecular flexibility index (Phi) is 4.99. The molecule has 0 spiro atoms. The normalized spacial score (nSPS) is 17.4. The van der Waals surface area contributed by atoms with Gasteiger partial charge in [-0.25, -0.2) is 4.39 Å². The van der Waals surface area contributed by atoms with E-state index in [1.54, 1.807) is 0 Å². The lowest BCUT2D eigenvalue weighted by molar-refractivity contribution is -0.140. The van der Waals surface area contributed by atoms with Crippen LogP contribution in [0.5, 0.6) is 0 Å². The van der Waals surface area contributed by atoms with Crippen molar-refractivity contribution in [2.75, 3.05) is 0 Å². The molecule has 0 unspecified atom stereocenters. The van der Waals surface area contributed by atoms with Gasteiger partial charge in [-0.3, -0.25) is 9.59 Å². The van der Waals surface area contributed by atoms with Gasteiger partial charge < -0.3 is 5.11 Å². The minimum atomic E-state index is -0.873.